The Morgan fingerprint density at radius 2 is 1.70 bits per heavy atom. The summed E-state index contributed by atoms with van der Waals surface area (Å²) >= 11 is 1.11. The van der Waals surface area contributed by atoms with Gasteiger partial charge in [0.1, 0.15) is 5.75 Å². The van der Waals surface area contributed by atoms with E-state index in [9.17, 15) is 23.1 Å². The normalized spacial score (nSPS) is 12.2. The molecular formula is C26H24N4O5S2. The van der Waals surface area contributed by atoms with Crippen LogP contribution in [-0.4, -0.2) is 45.4 Å². The maximum atomic E-state index is 13.1. The molecule has 4 rings (SSSR count). The first-order chi connectivity index (χ1) is 17.6. The highest BCUT2D eigenvalue weighted by Gasteiger charge is 2.25. The predicted molar refractivity (Wildman–Crippen MR) is 141 cm³/mol. The van der Waals surface area contributed by atoms with Gasteiger partial charge in [-0.1, -0.05) is 53.7 Å². The standard InChI is InChI=1S/C26H24N4O5S2/c1-17-11-13-22(14-12-17)37(34,35)16-23-28-29-26(30(23)21-9-4-3-5-10-21)36-18(2)24(31)27-20-8-6-7-19(15-20)25(32)33/h3-15,18H,16H2,1-2H3,(H,27,31)(H,32,33). The lowest BCUT2D eigenvalue weighted by Crippen LogP contribution is -2.23. The van der Waals surface area contributed by atoms with Crippen molar-refractivity contribution in [2.45, 2.75) is 34.9 Å². The Morgan fingerprint density at radius 3 is 2.38 bits per heavy atom. The van der Waals surface area contributed by atoms with Crippen LogP contribution in [0, 0.1) is 6.92 Å². The van der Waals surface area contributed by atoms with E-state index in [0.717, 1.165) is 17.3 Å². The van der Waals surface area contributed by atoms with Crippen molar-refractivity contribution in [3.8, 4) is 5.69 Å². The lowest BCUT2D eigenvalue weighted by Gasteiger charge is -2.14. The van der Waals surface area contributed by atoms with Crippen LogP contribution in [0.4, 0.5) is 5.69 Å². The van der Waals surface area contributed by atoms with Gasteiger partial charge in [-0.2, -0.15) is 0 Å². The molecule has 190 valence electrons. The van der Waals surface area contributed by atoms with E-state index in [2.05, 4.69) is 15.5 Å². The summed E-state index contributed by atoms with van der Waals surface area (Å²) in [6.45, 7) is 3.56. The second-order valence-electron chi connectivity index (χ2n) is 8.28. The molecule has 0 radical (unpaired) electrons. The largest absolute Gasteiger partial charge is 0.478 e. The lowest BCUT2D eigenvalue weighted by molar-refractivity contribution is -0.115. The van der Waals surface area contributed by atoms with Crippen LogP contribution in [0.5, 0.6) is 0 Å². The number of rotatable bonds is 9. The Morgan fingerprint density at radius 1 is 1.00 bits per heavy atom. The second-order valence-corrected chi connectivity index (χ2v) is 11.6. The highest BCUT2D eigenvalue weighted by atomic mass is 32.2. The molecule has 0 aliphatic heterocycles. The number of aromatic carboxylic acids is 1. The molecular weight excluding hydrogens is 512 g/mol. The number of aryl methyl sites for hydroxylation is 1. The molecule has 1 amide bonds. The van der Waals surface area contributed by atoms with Crippen molar-refractivity contribution >= 4 is 39.2 Å². The summed E-state index contributed by atoms with van der Waals surface area (Å²) in [4.78, 5) is 24.3. The van der Waals surface area contributed by atoms with Crippen LogP contribution < -0.4 is 5.32 Å². The SMILES string of the molecule is Cc1ccc(S(=O)(=O)Cc2nnc(SC(C)C(=O)Nc3cccc(C(=O)O)c3)n2-c2ccccc2)cc1. The van der Waals surface area contributed by atoms with Gasteiger partial charge >= 0.3 is 5.97 Å². The summed E-state index contributed by atoms with van der Waals surface area (Å²) in [6.07, 6.45) is 0. The minimum Gasteiger partial charge on any atom is -0.478 e. The summed E-state index contributed by atoms with van der Waals surface area (Å²) in [7, 11) is -3.70. The van der Waals surface area contributed by atoms with Crippen LogP contribution in [0.1, 0.15) is 28.7 Å². The third-order valence-corrected chi connectivity index (χ3v) is 8.11. The minimum absolute atomic E-state index is 0.0568. The molecule has 0 bridgehead atoms. The summed E-state index contributed by atoms with van der Waals surface area (Å²) < 4.78 is 27.9. The number of nitrogens with zero attached hydrogens (tertiary/aromatic N) is 3. The van der Waals surface area contributed by atoms with Crippen LogP contribution in [0.25, 0.3) is 5.69 Å². The number of sulfone groups is 1. The number of hydrogen-bond acceptors (Lipinski definition) is 7. The van der Waals surface area contributed by atoms with E-state index in [1.165, 1.54) is 12.1 Å². The Hall–Kier alpha value is -3.96. The molecule has 1 atom stereocenters. The Labute approximate surface area is 218 Å². The fourth-order valence-corrected chi connectivity index (χ4v) is 5.62. The zero-order chi connectivity index (χ0) is 26.6. The highest BCUT2D eigenvalue weighted by Crippen LogP contribution is 2.28. The number of carboxylic acid groups (broad SMARTS) is 1. The first-order valence-corrected chi connectivity index (χ1v) is 13.8. The molecule has 0 saturated carbocycles. The average Bonchev–Trinajstić information content (AvgIpc) is 3.25. The number of amides is 1. The van der Waals surface area contributed by atoms with Gasteiger partial charge in [-0.3, -0.25) is 9.36 Å². The molecule has 4 aromatic rings. The molecule has 0 spiro atoms. The molecule has 3 aromatic carbocycles. The summed E-state index contributed by atoms with van der Waals surface area (Å²) in [5.41, 5.74) is 2.02. The van der Waals surface area contributed by atoms with E-state index < -0.39 is 21.1 Å². The number of aromatic nitrogens is 3. The molecule has 0 fully saturated rings. The molecule has 1 aromatic heterocycles. The van der Waals surface area contributed by atoms with E-state index in [1.807, 2.05) is 25.1 Å². The molecule has 0 saturated heterocycles. The first kappa shape index (κ1) is 26.1. The van der Waals surface area contributed by atoms with Crippen molar-refractivity contribution < 1.29 is 23.1 Å². The number of carbonyl (C=O) groups excluding carboxylic acids is 1. The monoisotopic (exact) mass is 536 g/mol. The van der Waals surface area contributed by atoms with Crippen LogP contribution >= 0.6 is 11.8 Å². The van der Waals surface area contributed by atoms with Crippen LogP contribution in [0.15, 0.2) is 88.9 Å². The smallest absolute Gasteiger partial charge is 0.335 e. The number of anilines is 1. The Balaban J connectivity index is 1.60. The molecule has 11 heteroatoms. The van der Waals surface area contributed by atoms with Crippen molar-refractivity contribution in [2.24, 2.45) is 0 Å². The number of carboxylic acids is 1. The van der Waals surface area contributed by atoms with Crippen molar-refractivity contribution in [2.75, 3.05) is 5.32 Å². The van der Waals surface area contributed by atoms with E-state index in [0.29, 0.717) is 16.5 Å². The summed E-state index contributed by atoms with van der Waals surface area (Å²) in [5, 5.41) is 20.0. The minimum atomic E-state index is -3.70. The maximum Gasteiger partial charge on any atom is 0.335 e. The van der Waals surface area contributed by atoms with Crippen LogP contribution in [-0.2, 0) is 20.4 Å². The number of para-hydroxylation sites is 1. The fraction of sp³-hybridized carbons (Fsp3) is 0.154. The van der Waals surface area contributed by atoms with Gasteiger partial charge in [-0.05, 0) is 56.3 Å². The zero-order valence-electron chi connectivity index (χ0n) is 20.0. The molecule has 37 heavy (non-hydrogen) atoms. The predicted octanol–water partition coefficient (Wildman–Crippen LogP) is 4.37. The van der Waals surface area contributed by atoms with Crippen LogP contribution in [0.2, 0.25) is 0 Å². The van der Waals surface area contributed by atoms with Crippen molar-refractivity contribution in [1.82, 2.24) is 14.8 Å². The van der Waals surface area contributed by atoms with E-state index >= 15 is 0 Å². The maximum absolute atomic E-state index is 13.1. The van der Waals surface area contributed by atoms with Gasteiger partial charge in [0.2, 0.25) is 5.91 Å². The molecule has 0 aliphatic rings. The van der Waals surface area contributed by atoms with Gasteiger partial charge in [-0.15, -0.1) is 10.2 Å². The van der Waals surface area contributed by atoms with Crippen LogP contribution in [0.3, 0.4) is 0 Å². The van der Waals surface area contributed by atoms with Gasteiger partial charge in [-0.25, -0.2) is 13.2 Å². The second kappa shape index (κ2) is 11.0. The molecule has 9 nitrogen and oxygen atoms in total. The zero-order valence-corrected chi connectivity index (χ0v) is 21.7. The number of thioether (sulfide) groups is 1. The number of benzene rings is 3. The van der Waals surface area contributed by atoms with Gasteiger partial charge in [0.15, 0.2) is 20.8 Å². The topological polar surface area (TPSA) is 131 Å². The van der Waals surface area contributed by atoms with Crippen molar-refractivity contribution in [3.05, 3.63) is 95.8 Å². The number of carbonyl (C=O) groups is 2. The van der Waals surface area contributed by atoms with Gasteiger partial charge in [0.05, 0.1) is 15.7 Å². The van der Waals surface area contributed by atoms with E-state index in [4.69, 9.17) is 0 Å². The van der Waals surface area contributed by atoms with Gasteiger partial charge in [0, 0.05) is 11.4 Å². The van der Waals surface area contributed by atoms with Gasteiger partial charge in [0.25, 0.3) is 0 Å². The first-order valence-electron chi connectivity index (χ1n) is 11.2. The molecule has 0 aliphatic carbocycles. The Kier molecular flexibility index (Phi) is 7.74. The lowest BCUT2D eigenvalue weighted by atomic mass is 10.2. The van der Waals surface area contributed by atoms with Gasteiger partial charge < -0.3 is 10.4 Å². The summed E-state index contributed by atoms with van der Waals surface area (Å²) in [6, 6.07) is 21.6. The van der Waals surface area contributed by atoms with E-state index in [1.54, 1.807) is 60.0 Å². The molecule has 1 heterocycles. The highest BCUT2D eigenvalue weighted by molar-refractivity contribution is 8.00. The Bertz CT molecular complexity index is 1530. The third-order valence-electron chi connectivity index (χ3n) is 5.44. The quantitative estimate of drug-likeness (QED) is 0.302. The fourth-order valence-electron chi connectivity index (χ4n) is 3.49. The molecule has 1 unspecified atom stereocenters. The van der Waals surface area contributed by atoms with Crippen molar-refractivity contribution in [3.63, 3.8) is 0 Å². The number of hydrogen-bond donors (Lipinski definition) is 2. The average molecular weight is 537 g/mol. The number of nitrogens with one attached hydrogen (secondary N) is 1. The third kappa shape index (κ3) is 6.25. The van der Waals surface area contributed by atoms with E-state index in [-0.39, 0.29) is 27.9 Å². The molecule has 2 N–H and O–H groups in total. The summed E-state index contributed by atoms with van der Waals surface area (Å²) in [5.74, 6) is -1.62. The van der Waals surface area contributed by atoms with Crippen molar-refractivity contribution in [1.29, 1.82) is 0 Å².